The first-order chi connectivity index (χ1) is 66.6. The van der Waals surface area contributed by atoms with Crippen molar-refractivity contribution in [2.45, 2.75) is 320 Å². The summed E-state index contributed by atoms with van der Waals surface area (Å²) in [4.78, 5) is 176. The van der Waals surface area contributed by atoms with Gasteiger partial charge in [-0.3, -0.25) is 72.6 Å². The van der Waals surface area contributed by atoms with E-state index in [1.54, 1.807) is 68.4 Å². The number of carbonyl (C=O) groups is 12. The fraction of sp³-hybridized carbons (Fsp3) is 0.579. The largest absolute Gasteiger partial charge is 0.455 e. The number of cyclic esters (lactones) is 3. The lowest BCUT2D eigenvalue weighted by Crippen LogP contribution is -2.62. The maximum Gasteiger partial charge on any atom is 0.325 e. The Morgan fingerprint density at radius 2 is 0.716 bits per heavy atom. The van der Waals surface area contributed by atoms with Crippen LogP contribution in [0, 0.1) is 34.0 Å². The van der Waals surface area contributed by atoms with Crippen LogP contribution in [0.1, 0.15) is 268 Å². The second kappa shape index (κ2) is 51.1. The quantitative estimate of drug-likeness (QED) is 0.0252. The Balaban J connectivity index is 0.000000227. The molecule has 14 atom stereocenters. The van der Waals surface area contributed by atoms with E-state index in [0.29, 0.717) is 99.3 Å². The summed E-state index contributed by atoms with van der Waals surface area (Å²) in [5, 5.41) is 23.9. The van der Waals surface area contributed by atoms with Crippen molar-refractivity contribution in [1.29, 1.82) is 0 Å². The number of nitrogens with one attached hydrogen (secondary N) is 9. The van der Waals surface area contributed by atoms with Gasteiger partial charge < -0.3 is 60.3 Å². The highest BCUT2D eigenvalue weighted by molar-refractivity contribution is 6.76. The van der Waals surface area contributed by atoms with Gasteiger partial charge in [0.2, 0.25) is 35.4 Å². The molecule has 13 rings (SSSR count). The van der Waals surface area contributed by atoms with E-state index in [1.807, 2.05) is 177 Å². The minimum atomic E-state index is -1.36. The van der Waals surface area contributed by atoms with Gasteiger partial charge in [-0.1, -0.05) is 213 Å². The Kier molecular flexibility index (Phi) is 41.1. The number of rotatable bonds is 11. The van der Waals surface area contributed by atoms with Crippen molar-refractivity contribution in [3.63, 3.8) is 0 Å². The molecule has 34 heteroatoms. The Morgan fingerprint density at radius 3 is 1.03 bits per heavy atom. The van der Waals surface area contributed by atoms with Crippen molar-refractivity contribution >= 4 is 130 Å². The smallest absolute Gasteiger partial charge is 0.325 e. The van der Waals surface area contributed by atoms with Crippen LogP contribution >= 0.6 is 0 Å². The first-order valence-electron chi connectivity index (χ1n) is 50.4. The molecule has 0 radical (unpaired) electrons. The molecule has 1 spiro atoms. The highest BCUT2D eigenvalue weighted by Crippen LogP contribution is 2.36. The standard InChI is InChI=1S/C35H51N5O6Si.C33H43N5O7.C31H41N5O5.2C4H10/c1-22(2)30-31(41)36-23(3)32(42)40-17-9-10-28(39-40)33(43)46-24(4)27-14-13-26-12-11-25(20-29(26)37-27)15-16-35(5,34(44)38-30)21-45-18-19-47(6,7)8;1-19(2)27-28(39)34-20(3)29(40)38-15-7-8-25(37-38)30(41)45-21(4)24-12-11-23-10-9-22(16-26(23)35-24)13-14-33(31(42)36-27)17-43-32(5,6)44-18-33;1-7-31(6)15-14-21-10-11-22-12-13-23(33-25(22)17-21)20(5)41-29(39)24-9-8-16-36(35-24)28(38)19(4)32-27(37)26(18(2)3)34-30(31)40;2*1-3-4-2/h11-16,20,22-24,28,30,39H,9-10,17-19,21H2,1-8H3,(H,36,41)(H,38,44);9-14,16,19-21,25,27,37H,7-8,15,17-18H2,1-6H3,(H,34,39)(H,36,42);10-15,17-20,24,26,35H,7-9,16H2,1-6H3,(H,32,37)(H,34,40);2*3-4H2,1-2H3/b16-15+;14-13+;15-14+;;/t23-,24+,28-,30-,35+;20-,21+,25-,27-;19-,20+,24-,26-,31+;;/m000../s1. The predicted molar refractivity (Wildman–Crippen MR) is 548 cm³/mol. The number of hydrogen-bond donors (Lipinski definition) is 9. The summed E-state index contributed by atoms with van der Waals surface area (Å²) in [6.07, 6.45) is 18.1. The Hall–Kier alpha value is -11.3. The number of esters is 3. The van der Waals surface area contributed by atoms with E-state index >= 15 is 0 Å². The van der Waals surface area contributed by atoms with Gasteiger partial charge in [-0.25, -0.2) is 31.2 Å². The van der Waals surface area contributed by atoms with Crippen LogP contribution in [0.15, 0.2) is 109 Å². The highest BCUT2D eigenvalue weighted by atomic mass is 28.3. The molecule has 141 heavy (non-hydrogen) atoms. The molecule has 0 aliphatic carbocycles. The number of pyridine rings is 3. The zero-order valence-electron chi connectivity index (χ0n) is 87.3. The monoisotopic (exact) mass is 1970 g/mol. The molecule has 3 aromatic carbocycles. The Bertz CT molecular complexity index is 5470. The van der Waals surface area contributed by atoms with E-state index in [0.717, 1.165) is 44.4 Å². The van der Waals surface area contributed by atoms with Crippen LogP contribution in [-0.4, -0.2) is 215 Å². The van der Waals surface area contributed by atoms with Gasteiger partial charge in [0.25, 0.3) is 17.7 Å². The molecule has 0 unspecified atom stereocenters. The number of hydrogen-bond acceptors (Lipinski definition) is 24. The van der Waals surface area contributed by atoms with E-state index in [2.05, 4.69) is 95.5 Å². The highest BCUT2D eigenvalue weighted by Gasteiger charge is 2.47. The summed E-state index contributed by atoms with van der Waals surface area (Å²) in [5.74, 6) is -6.76. The summed E-state index contributed by atoms with van der Waals surface area (Å²) in [6, 6.07) is 22.1. The fourth-order valence-corrected chi connectivity index (χ4v) is 16.8. The molecule has 4 fully saturated rings. The fourth-order valence-electron chi connectivity index (χ4n) is 16.0. The molecule has 6 aromatic rings. The summed E-state index contributed by atoms with van der Waals surface area (Å²) in [7, 11) is -1.36. The van der Waals surface area contributed by atoms with E-state index in [-0.39, 0.29) is 55.3 Å². The van der Waals surface area contributed by atoms with Crippen molar-refractivity contribution in [3.8, 4) is 0 Å². The van der Waals surface area contributed by atoms with Crippen molar-refractivity contribution < 1.29 is 86.0 Å². The van der Waals surface area contributed by atoms with Gasteiger partial charge in [-0.2, -0.15) is 0 Å². The number of unbranched alkanes of at least 4 members (excludes halogenated alkanes) is 2. The van der Waals surface area contributed by atoms with Gasteiger partial charge in [0.05, 0.1) is 64.3 Å². The topological polar surface area (TPSA) is 417 Å². The molecular formula is C107H155N15O18Si. The zero-order valence-corrected chi connectivity index (χ0v) is 88.3. The van der Waals surface area contributed by atoms with E-state index < -0.39 is 156 Å². The van der Waals surface area contributed by atoms with Gasteiger partial charge in [0, 0.05) is 50.5 Å². The minimum absolute atomic E-state index is 0.0321. The van der Waals surface area contributed by atoms with E-state index in [4.69, 9.17) is 43.4 Å². The lowest BCUT2D eigenvalue weighted by Gasteiger charge is -2.41. The maximum absolute atomic E-state index is 14.0. The van der Waals surface area contributed by atoms with E-state index in [1.165, 1.54) is 40.7 Å². The van der Waals surface area contributed by atoms with Crippen LogP contribution in [0.5, 0.6) is 0 Å². The Morgan fingerprint density at radius 1 is 0.411 bits per heavy atom. The molecule has 33 nitrogen and oxygen atoms in total. The van der Waals surface area contributed by atoms with Gasteiger partial charge in [-0.05, 0) is 191 Å². The first-order valence-corrected chi connectivity index (χ1v) is 54.1. The summed E-state index contributed by atoms with van der Waals surface area (Å²) in [6.45, 7) is 47.6. The van der Waals surface area contributed by atoms with E-state index in [9.17, 15) is 57.5 Å². The van der Waals surface area contributed by atoms with Crippen LogP contribution in [0.4, 0.5) is 0 Å². The summed E-state index contributed by atoms with van der Waals surface area (Å²) in [5.41, 5.74) is 12.1. The molecule has 7 aliphatic rings. The van der Waals surface area contributed by atoms with Crippen molar-refractivity contribution in [2.24, 2.45) is 34.0 Å². The second-order valence-corrected chi connectivity index (χ2v) is 46.8. The van der Waals surface area contributed by atoms with Gasteiger partial charge >= 0.3 is 17.9 Å². The molecule has 7 aliphatic heterocycles. The average molecular weight is 1970 g/mol. The zero-order chi connectivity index (χ0) is 104. The lowest BCUT2D eigenvalue weighted by molar-refractivity contribution is -0.272. The maximum atomic E-state index is 14.0. The molecule has 9 amide bonds. The van der Waals surface area contributed by atoms with Crippen LogP contribution in [-0.2, 0) is 86.0 Å². The van der Waals surface area contributed by atoms with Crippen LogP contribution in [0.25, 0.3) is 50.9 Å². The summed E-state index contributed by atoms with van der Waals surface area (Å²) < 4.78 is 35.3. The number of aromatic nitrogens is 3. The van der Waals surface area contributed by atoms with Crippen molar-refractivity contribution in [2.75, 3.05) is 46.1 Å². The number of amides is 9. The molecule has 9 N–H and O–H groups in total. The SMILES string of the molecule is CC(C)[C@@H]1NC(=O)C2(/C=C/c3ccc4ccc(nc4c3)[C@@H](C)OC(=O)[C@@H]3CCCN(N3)C(=O)[C@H](C)NC1=O)COC(C)(C)OC2.CC(C)[C@@H]1NC(=O)[C@@](C)(COCC[Si](C)(C)C)/C=C/c2ccc3ccc(nc3c2)[C@@H](C)OC(=O)[C@@H]2CCCN(N2)C(=O)[C@H](C)NC1=O.CCCC.CCCC.CC[C@]1(C)/C=C/c2ccc3ccc(nc3c2)[C@@H](C)OC(=O)[C@@H]2CCCN(N2)C(=O)[C@H](C)NC(=O)[C@H](C(C)C)NC1=O. The Labute approximate surface area is 832 Å². The number of ether oxygens (including phenoxy) is 6. The second-order valence-electron chi connectivity index (χ2n) is 41.2. The lowest BCUT2D eigenvalue weighted by atomic mass is 9.84. The third-order valence-corrected chi connectivity index (χ3v) is 28.0. The van der Waals surface area contributed by atoms with Crippen LogP contribution < -0.4 is 48.2 Å². The minimum Gasteiger partial charge on any atom is -0.455 e. The van der Waals surface area contributed by atoms with Crippen molar-refractivity contribution in [1.82, 2.24) is 78.2 Å². The number of hydrazine groups is 3. The first kappa shape index (κ1) is 113. The molecule has 0 saturated carbocycles. The third-order valence-electron chi connectivity index (χ3n) is 26.3. The average Bonchev–Trinajstić information content (AvgIpc) is 1.71. The number of benzene rings is 3. The number of fused-ring (bicyclic) bond motifs is 12. The van der Waals surface area contributed by atoms with Gasteiger partial charge in [-0.15, -0.1) is 0 Å². The molecule has 10 heterocycles. The molecule has 770 valence electrons. The third kappa shape index (κ3) is 31.4. The van der Waals surface area contributed by atoms with Crippen LogP contribution in [0.3, 0.4) is 0 Å². The van der Waals surface area contributed by atoms with Crippen molar-refractivity contribution in [3.05, 3.63) is 143 Å². The normalized spacial score (nSPS) is 27.1. The van der Waals surface area contributed by atoms with Gasteiger partial charge in [0.1, 0.15) is 78.1 Å². The molecule has 4 saturated heterocycles. The van der Waals surface area contributed by atoms with Crippen LogP contribution in [0.2, 0.25) is 25.7 Å². The number of nitrogens with zero attached hydrogens (tertiary/aromatic N) is 6. The molecule has 15 bridgehead atoms. The number of carbonyl (C=O) groups excluding carboxylic acids is 12. The summed E-state index contributed by atoms with van der Waals surface area (Å²) >= 11 is 0. The van der Waals surface area contributed by atoms with Gasteiger partial charge in [0.15, 0.2) is 5.79 Å². The predicted octanol–water partition coefficient (Wildman–Crippen LogP) is 14.2. The molecular weight excluding hydrogens is 1810 g/mol. The molecule has 3 aromatic heterocycles.